The van der Waals surface area contributed by atoms with E-state index in [-0.39, 0.29) is 17.9 Å². The Hall–Kier alpha value is -0.920. The fraction of sp³-hybridized carbons (Fsp3) is 0.538. The molecule has 1 aliphatic rings. The average molecular weight is 307 g/mol. The summed E-state index contributed by atoms with van der Waals surface area (Å²) in [5.74, 6) is 1.61. The summed E-state index contributed by atoms with van der Waals surface area (Å²) < 4.78 is 45.5. The van der Waals surface area contributed by atoms with Crippen LogP contribution in [0.5, 0.6) is 5.75 Å². The van der Waals surface area contributed by atoms with Crippen LogP contribution < -0.4 is 10.5 Å². The molecule has 1 aromatic rings. The minimum Gasteiger partial charge on any atom is -0.406 e. The molecular weight excluding hydrogens is 291 g/mol. The van der Waals surface area contributed by atoms with Gasteiger partial charge in [-0.25, -0.2) is 0 Å². The average Bonchev–Trinajstić information content (AvgIpc) is 2.40. The molecule has 1 saturated heterocycles. The quantitative estimate of drug-likeness (QED) is 0.928. The molecule has 2 rings (SSSR count). The van der Waals surface area contributed by atoms with E-state index in [0.29, 0.717) is 13.0 Å². The first kappa shape index (κ1) is 15.5. The van der Waals surface area contributed by atoms with Gasteiger partial charge in [-0.05, 0) is 24.1 Å². The monoisotopic (exact) mass is 307 g/mol. The number of alkyl halides is 3. The Morgan fingerprint density at radius 1 is 1.35 bits per heavy atom. The van der Waals surface area contributed by atoms with Gasteiger partial charge in [-0.1, -0.05) is 12.1 Å². The van der Waals surface area contributed by atoms with E-state index in [1.807, 2.05) is 0 Å². The zero-order valence-corrected chi connectivity index (χ0v) is 11.5. The van der Waals surface area contributed by atoms with Crippen LogP contribution in [0.15, 0.2) is 24.3 Å². The smallest absolute Gasteiger partial charge is 0.406 e. The summed E-state index contributed by atoms with van der Waals surface area (Å²) in [5.41, 5.74) is 6.94. The van der Waals surface area contributed by atoms with Crippen molar-refractivity contribution in [1.82, 2.24) is 0 Å². The third-order valence-electron chi connectivity index (χ3n) is 2.95. The Balaban J connectivity index is 1.89. The number of halogens is 3. The van der Waals surface area contributed by atoms with Crippen molar-refractivity contribution in [3.8, 4) is 5.75 Å². The number of nitrogens with two attached hydrogens (primary N) is 1. The second-order valence-corrected chi connectivity index (χ2v) is 5.69. The molecular formula is C13H16F3NO2S. The van der Waals surface area contributed by atoms with Crippen molar-refractivity contribution in [2.24, 2.45) is 5.73 Å². The summed E-state index contributed by atoms with van der Waals surface area (Å²) in [6.07, 6.45) is -4.09. The summed E-state index contributed by atoms with van der Waals surface area (Å²) in [7, 11) is 0. The summed E-state index contributed by atoms with van der Waals surface area (Å²) >= 11 is 1.80. The van der Waals surface area contributed by atoms with Crippen molar-refractivity contribution in [3.63, 3.8) is 0 Å². The van der Waals surface area contributed by atoms with Gasteiger partial charge in [0.1, 0.15) is 5.75 Å². The predicted octanol–water partition coefficient (Wildman–Crippen LogP) is 2.59. The minimum absolute atomic E-state index is 0.000137. The van der Waals surface area contributed by atoms with Crippen LogP contribution in [-0.4, -0.2) is 36.6 Å². The lowest BCUT2D eigenvalue weighted by molar-refractivity contribution is -0.274. The maximum Gasteiger partial charge on any atom is 0.573 e. The highest BCUT2D eigenvalue weighted by Crippen LogP contribution is 2.23. The standard InChI is InChI=1S/C13H16F3NO2S/c14-13(15,16)19-10-3-1-9(2-4-10)7-11(17)12-8-20-6-5-18-12/h1-4,11-12H,5-8,17H2. The molecule has 0 radical (unpaired) electrons. The van der Waals surface area contributed by atoms with Crippen molar-refractivity contribution >= 4 is 11.8 Å². The number of ether oxygens (including phenoxy) is 2. The molecule has 0 bridgehead atoms. The molecule has 0 aliphatic carbocycles. The van der Waals surface area contributed by atoms with Gasteiger partial charge in [0.25, 0.3) is 0 Å². The number of hydrogen-bond acceptors (Lipinski definition) is 4. The Labute approximate surface area is 119 Å². The van der Waals surface area contributed by atoms with Crippen LogP contribution in [0, 0.1) is 0 Å². The maximum atomic E-state index is 12.0. The highest BCUT2D eigenvalue weighted by molar-refractivity contribution is 7.99. The molecule has 20 heavy (non-hydrogen) atoms. The van der Waals surface area contributed by atoms with Crippen molar-refractivity contribution < 1.29 is 22.6 Å². The highest BCUT2D eigenvalue weighted by Gasteiger charge is 2.31. The number of hydrogen-bond donors (Lipinski definition) is 1. The van der Waals surface area contributed by atoms with E-state index in [1.54, 1.807) is 23.9 Å². The van der Waals surface area contributed by atoms with Crippen molar-refractivity contribution in [3.05, 3.63) is 29.8 Å². The second-order valence-electron chi connectivity index (χ2n) is 4.54. The van der Waals surface area contributed by atoms with Gasteiger partial charge in [0.05, 0.1) is 12.7 Å². The van der Waals surface area contributed by atoms with Crippen LogP contribution >= 0.6 is 11.8 Å². The van der Waals surface area contributed by atoms with Crippen molar-refractivity contribution in [1.29, 1.82) is 0 Å². The molecule has 0 amide bonds. The molecule has 112 valence electrons. The molecule has 1 fully saturated rings. The zero-order chi connectivity index (χ0) is 14.6. The molecule has 2 N–H and O–H groups in total. The summed E-state index contributed by atoms with van der Waals surface area (Å²) in [6.45, 7) is 0.696. The van der Waals surface area contributed by atoms with Crippen molar-refractivity contribution in [2.45, 2.75) is 24.9 Å². The SMILES string of the molecule is NC(Cc1ccc(OC(F)(F)F)cc1)C1CSCCO1. The Morgan fingerprint density at radius 2 is 2.05 bits per heavy atom. The van der Waals surface area contributed by atoms with Crippen LogP contribution in [0.1, 0.15) is 5.56 Å². The van der Waals surface area contributed by atoms with E-state index in [0.717, 1.165) is 17.1 Å². The number of benzene rings is 1. The van der Waals surface area contributed by atoms with E-state index in [2.05, 4.69) is 4.74 Å². The van der Waals surface area contributed by atoms with Gasteiger partial charge in [0, 0.05) is 17.5 Å². The lowest BCUT2D eigenvalue weighted by atomic mass is 10.0. The molecule has 1 aromatic carbocycles. The van der Waals surface area contributed by atoms with Gasteiger partial charge in [-0.15, -0.1) is 13.2 Å². The molecule has 1 aliphatic heterocycles. The predicted molar refractivity (Wildman–Crippen MR) is 71.9 cm³/mol. The summed E-state index contributed by atoms with van der Waals surface area (Å²) in [6, 6.07) is 5.63. The van der Waals surface area contributed by atoms with Crippen molar-refractivity contribution in [2.75, 3.05) is 18.1 Å². The topological polar surface area (TPSA) is 44.5 Å². The van der Waals surface area contributed by atoms with Crippen LogP contribution in [0.25, 0.3) is 0 Å². The molecule has 0 aromatic heterocycles. The molecule has 0 saturated carbocycles. The first-order valence-electron chi connectivity index (χ1n) is 6.24. The van der Waals surface area contributed by atoms with Gasteiger partial charge >= 0.3 is 6.36 Å². The van der Waals surface area contributed by atoms with E-state index in [4.69, 9.17) is 10.5 Å². The molecule has 3 nitrogen and oxygen atoms in total. The van der Waals surface area contributed by atoms with Crippen LogP contribution in [0.2, 0.25) is 0 Å². The lowest BCUT2D eigenvalue weighted by Gasteiger charge is -2.27. The Morgan fingerprint density at radius 3 is 2.60 bits per heavy atom. The van der Waals surface area contributed by atoms with Crippen LogP contribution in [0.4, 0.5) is 13.2 Å². The molecule has 0 spiro atoms. The van der Waals surface area contributed by atoms with E-state index in [9.17, 15) is 13.2 Å². The second kappa shape index (κ2) is 6.69. The molecule has 1 heterocycles. The number of rotatable bonds is 4. The van der Waals surface area contributed by atoms with Gasteiger partial charge in [-0.3, -0.25) is 0 Å². The lowest BCUT2D eigenvalue weighted by Crippen LogP contribution is -2.42. The van der Waals surface area contributed by atoms with Crippen LogP contribution in [-0.2, 0) is 11.2 Å². The minimum atomic E-state index is -4.66. The maximum absolute atomic E-state index is 12.0. The molecule has 2 unspecified atom stereocenters. The zero-order valence-electron chi connectivity index (χ0n) is 10.7. The van der Waals surface area contributed by atoms with E-state index < -0.39 is 6.36 Å². The van der Waals surface area contributed by atoms with Crippen LogP contribution in [0.3, 0.4) is 0 Å². The van der Waals surface area contributed by atoms with E-state index in [1.165, 1.54) is 12.1 Å². The first-order valence-corrected chi connectivity index (χ1v) is 7.39. The fourth-order valence-corrected chi connectivity index (χ4v) is 2.94. The highest BCUT2D eigenvalue weighted by atomic mass is 32.2. The summed E-state index contributed by atoms with van der Waals surface area (Å²) in [4.78, 5) is 0. The van der Waals surface area contributed by atoms with Gasteiger partial charge in [-0.2, -0.15) is 11.8 Å². The largest absolute Gasteiger partial charge is 0.573 e. The number of thioether (sulfide) groups is 1. The molecule has 2 atom stereocenters. The van der Waals surface area contributed by atoms with Gasteiger partial charge < -0.3 is 15.2 Å². The van der Waals surface area contributed by atoms with E-state index >= 15 is 0 Å². The normalized spacial score (nSPS) is 21.5. The Kier molecular flexibility index (Phi) is 5.17. The third kappa shape index (κ3) is 4.88. The first-order chi connectivity index (χ1) is 9.44. The Bertz CT molecular complexity index is 419. The third-order valence-corrected chi connectivity index (χ3v) is 3.97. The van der Waals surface area contributed by atoms with Gasteiger partial charge in [0.15, 0.2) is 0 Å². The fourth-order valence-electron chi connectivity index (χ4n) is 1.98. The molecule has 7 heteroatoms. The van der Waals surface area contributed by atoms with Gasteiger partial charge in [0.2, 0.25) is 0 Å². The summed E-state index contributed by atoms with van der Waals surface area (Å²) in [5, 5.41) is 0.